The van der Waals surface area contributed by atoms with Crippen LogP contribution in [0.25, 0.3) is 0 Å². The lowest BCUT2D eigenvalue weighted by Crippen LogP contribution is -2.33. The highest BCUT2D eigenvalue weighted by Crippen LogP contribution is 2.16. The van der Waals surface area contributed by atoms with Crippen molar-refractivity contribution in [2.75, 3.05) is 19.7 Å². The molecule has 0 radical (unpaired) electrons. The number of aliphatic hydroxyl groups is 2. The second-order valence-electron chi connectivity index (χ2n) is 5.55. The quantitative estimate of drug-likeness (QED) is 0.596. The Kier molecular flexibility index (Phi) is 6.40. The van der Waals surface area contributed by atoms with Gasteiger partial charge in [-0.2, -0.15) is 0 Å². The molecule has 2 rings (SSSR count). The van der Waals surface area contributed by atoms with Gasteiger partial charge in [0, 0.05) is 13.1 Å². The normalized spacial score (nSPS) is 13.5. The Morgan fingerprint density at radius 2 is 1.78 bits per heavy atom. The third kappa shape index (κ3) is 5.90. The first kappa shape index (κ1) is 17.3. The zero-order valence-electron chi connectivity index (χ0n) is 13.1. The first-order valence-electron chi connectivity index (χ1n) is 7.60. The fraction of sp³-hybridized carbons (Fsp3) is 0.333. The lowest BCUT2D eigenvalue weighted by atomic mass is 10.1. The van der Waals surface area contributed by atoms with Gasteiger partial charge in [0.2, 0.25) is 0 Å². The van der Waals surface area contributed by atoms with Gasteiger partial charge in [0.25, 0.3) is 0 Å². The Balaban J connectivity index is 1.68. The van der Waals surface area contributed by atoms with Crippen LogP contribution < -0.4 is 10.1 Å². The lowest BCUT2D eigenvalue weighted by Gasteiger charge is -2.16. The SMILES string of the molecule is Cc1cccc(OCC(O)CNCC(O)c2ccc(O)cc2)c1. The highest BCUT2D eigenvalue weighted by atomic mass is 16.5. The van der Waals surface area contributed by atoms with E-state index in [2.05, 4.69) is 5.32 Å². The number of aromatic hydroxyl groups is 1. The highest BCUT2D eigenvalue weighted by molar-refractivity contribution is 5.28. The molecule has 2 atom stereocenters. The number of ether oxygens (including phenoxy) is 1. The summed E-state index contributed by atoms with van der Waals surface area (Å²) in [7, 11) is 0. The predicted molar refractivity (Wildman–Crippen MR) is 88.6 cm³/mol. The van der Waals surface area contributed by atoms with E-state index < -0.39 is 12.2 Å². The summed E-state index contributed by atoms with van der Waals surface area (Å²) in [5.41, 5.74) is 1.81. The molecule has 0 aliphatic rings. The number of phenols is 1. The lowest BCUT2D eigenvalue weighted by molar-refractivity contribution is 0.0996. The summed E-state index contributed by atoms with van der Waals surface area (Å²) in [6, 6.07) is 14.0. The van der Waals surface area contributed by atoms with Crippen molar-refractivity contribution in [2.24, 2.45) is 0 Å². The zero-order chi connectivity index (χ0) is 16.7. The molecular weight excluding hydrogens is 294 g/mol. The van der Waals surface area contributed by atoms with E-state index >= 15 is 0 Å². The average molecular weight is 317 g/mol. The maximum Gasteiger partial charge on any atom is 0.119 e. The van der Waals surface area contributed by atoms with Crippen LogP contribution in [0, 0.1) is 6.92 Å². The molecule has 5 heteroatoms. The van der Waals surface area contributed by atoms with Crippen molar-refractivity contribution in [3.8, 4) is 11.5 Å². The highest BCUT2D eigenvalue weighted by Gasteiger charge is 2.09. The van der Waals surface area contributed by atoms with Crippen LogP contribution in [0.3, 0.4) is 0 Å². The number of aliphatic hydroxyl groups excluding tert-OH is 2. The Hall–Kier alpha value is -2.08. The summed E-state index contributed by atoms with van der Waals surface area (Å²) < 4.78 is 5.52. The van der Waals surface area contributed by atoms with E-state index in [4.69, 9.17) is 4.74 Å². The molecule has 4 N–H and O–H groups in total. The van der Waals surface area contributed by atoms with Gasteiger partial charge >= 0.3 is 0 Å². The van der Waals surface area contributed by atoms with Gasteiger partial charge in [0.05, 0.1) is 6.10 Å². The smallest absolute Gasteiger partial charge is 0.119 e. The van der Waals surface area contributed by atoms with Crippen molar-refractivity contribution in [2.45, 2.75) is 19.1 Å². The summed E-state index contributed by atoms with van der Waals surface area (Å²) in [4.78, 5) is 0. The van der Waals surface area contributed by atoms with Crippen LogP contribution in [0.15, 0.2) is 48.5 Å². The van der Waals surface area contributed by atoms with E-state index in [0.29, 0.717) is 18.7 Å². The zero-order valence-corrected chi connectivity index (χ0v) is 13.1. The molecule has 0 amide bonds. The first-order valence-corrected chi connectivity index (χ1v) is 7.60. The van der Waals surface area contributed by atoms with Gasteiger partial charge in [0.15, 0.2) is 0 Å². The molecule has 0 saturated carbocycles. The molecule has 0 aliphatic carbocycles. The maximum absolute atomic E-state index is 10.0. The summed E-state index contributed by atoms with van der Waals surface area (Å²) in [6.45, 7) is 2.80. The van der Waals surface area contributed by atoms with Gasteiger partial charge in [-0.1, -0.05) is 24.3 Å². The van der Waals surface area contributed by atoms with Crippen LogP contribution in [0.4, 0.5) is 0 Å². The maximum atomic E-state index is 10.0. The third-order valence-electron chi connectivity index (χ3n) is 3.43. The van der Waals surface area contributed by atoms with E-state index in [0.717, 1.165) is 11.3 Å². The van der Waals surface area contributed by atoms with E-state index in [1.54, 1.807) is 12.1 Å². The fourth-order valence-corrected chi connectivity index (χ4v) is 2.16. The second kappa shape index (κ2) is 8.53. The summed E-state index contributed by atoms with van der Waals surface area (Å²) in [5.74, 6) is 0.894. The minimum Gasteiger partial charge on any atom is -0.508 e. The molecule has 5 nitrogen and oxygen atoms in total. The van der Waals surface area contributed by atoms with Gasteiger partial charge in [-0.3, -0.25) is 0 Å². The first-order chi connectivity index (χ1) is 11.0. The van der Waals surface area contributed by atoms with Gasteiger partial charge < -0.3 is 25.4 Å². The molecule has 2 unspecified atom stereocenters. The molecule has 124 valence electrons. The number of aryl methyl sites for hydroxylation is 1. The van der Waals surface area contributed by atoms with Gasteiger partial charge in [-0.25, -0.2) is 0 Å². The van der Waals surface area contributed by atoms with Crippen molar-refractivity contribution in [3.63, 3.8) is 0 Å². The van der Waals surface area contributed by atoms with Crippen molar-refractivity contribution in [3.05, 3.63) is 59.7 Å². The Labute approximate surface area is 136 Å². The molecule has 0 bridgehead atoms. The van der Waals surface area contributed by atoms with Crippen LogP contribution in [-0.2, 0) is 0 Å². The number of rotatable bonds is 8. The van der Waals surface area contributed by atoms with Gasteiger partial charge in [-0.05, 0) is 42.3 Å². The molecule has 23 heavy (non-hydrogen) atoms. The molecule has 2 aromatic carbocycles. The van der Waals surface area contributed by atoms with E-state index in [1.807, 2.05) is 31.2 Å². The molecule has 2 aromatic rings. The molecule has 0 saturated heterocycles. The summed E-state index contributed by atoms with van der Waals surface area (Å²) >= 11 is 0. The van der Waals surface area contributed by atoms with Crippen LogP contribution in [-0.4, -0.2) is 41.1 Å². The van der Waals surface area contributed by atoms with E-state index in [1.165, 1.54) is 12.1 Å². The number of nitrogens with one attached hydrogen (secondary N) is 1. The Morgan fingerprint density at radius 3 is 2.48 bits per heavy atom. The third-order valence-corrected chi connectivity index (χ3v) is 3.43. The average Bonchev–Trinajstić information content (AvgIpc) is 2.53. The minimum atomic E-state index is -0.694. The number of benzene rings is 2. The Bertz CT molecular complexity index is 600. The molecule has 0 heterocycles. The van der Waals surface area contributed by atoms with Crippen molar-refractivity contribution < 1.29 is 20.1 Å². The van der Waals surface area contributed by atoms with Crippen LogP contribution in [0.1, 0.15) is 17.2 Å². The van der Waals surface area contributed by atoms with E-state index in [-0.39, 0.29) is 12.4 Å². The van der Waals surface area contributed by atoms with Crippen LogP contribution in [0.5, 0.6) is 11.5 Å². The Morgan fingerprint density at radius 1 is 1.04 bits per heavy atom. The van der Waals surface area contributed by atoms with Crippen molar-refractivity contribution in [1.82, 2.24) is 5.32 Å². The van der Waals surface area contributed by atoms with E-state index in [9.17, 15) is 15.3 Å². The van der Waals surface area contributed by atoms with Crippen LogP contribution >= 0.6 is 0 Å². The largest absolute Gasteiger partial charge is 0.508 e. The molecular formula is C18H23NO4. The predicted octanol–water partition coefficient (Wildman–Crippen LogP) is 1.76. The van der Waals surface area contributed by atoms with Crippen molar-refractivity contribution >= 4 is 0 Å². The number of hydrogen-bond acceptors (Lipinski definition) is 5. The number of hydrogen-bond donors (Lipinski definition) is 4. The molecule has 0 aromatic heterocycles. The summed E-state index contributed by atoms with van der Waals surface area (Å²) in [5, 5.41) is 32.1. The summed E-state index contributed by atoms with van der Waals surface area (Å²) in [6.07, 6.45) is -1.36. The van der Waals surface area contributed by atoms with Crippen molar-refractivity contribution in [1.29, 1.82) is 0 Å². The van der Waals surface area contributed by atoms with Gasteiger partial charge in [-0.15, -0.1) is 0 Å². The second-order valence-corrected chi connectivity index (χ2v) is 5.55. The monoisotopic (exact) mass is 317 g/mol. The number of phenolic OH excluding ortho intramolecular Hbond substituents is 1. The molecule has 0 aliphatic heterocycles. The van der Waals surface area contributed by atoms with Crippen LogP contribution in [0.2, 0.25) is 0 Å². The standard InChI is InChI=1S/C18H23NO4/c1-13-3-2-4-17(9-13)23-12-16(21)10-19-11-18(22)14-5-7-15(20)8-6-14/h2-9,16,18-22H,10-12H2,1H3. The minimum absolute atomic E-state index is 0.164. The van der Waals surface area contributed by atoms with Gasteiger partial charge in [0.1, 0.15) is 24.2 Å². The fourth-order valence-electron chi connectivity index (χ4n) is 2.16. The molecule has 0 spiro atoms. The topological polar surface area (TPSA) is 82.0 Å². The molecule has 0 fully saturated rings.